The van der Waals surface area contributed by atoms with Crippen molar-refractivity contribution in [2.45, 2.75) is 37.9 Å². The molecule has 0 spiro atoms. The van der Waals surface area contributed by atoms with Gasteiger partial charge < -0.3 is 14.7 Å². The van der Waals surface area contributed by atoms with Gasteiger partial charge >= 0.3 is 6.09 Å². The quantitative estimate of drug-likeness (QED) is 0.666. The number of carbonyl (C=O) groups is 1. The van der Waals surface area contributed by atoms with Gasteiger partial charge in [0.2, 0.25) is 0 Å². The number of rotatable bonds is 1. The molecule has 0 aromatic rings. The van der Waals surface area contributed by atoms with Crippen molar-refractivity contribution in [1.82, 2.24) is 4.90 Å². The van der Waals surface area contributed by atoms with Crippen LogP contribution in [0.1, 0.15) is 25.7 Å². The third-order valence-electron chi connectivity index (χ3n) is 2.29. The Bertz CT molecular complexity index is 182. The number of hydrogen-bond donors (Lipinski definition) is 1. The molecule has 76 valence electrons. The van der Waals surface area contributed by atoms with Crippen LogP contribution in [0, 0.1) is 0 Å². The second-order valence-electron chi connectivity index (χ2n) is 3.67. The summed E-state index contributed by atoms with van der Waals surface area (Å²) in [6.45, 7) is 0. The summed E-state index contributed by atoms with van der Waals surface area (Å²) in [6.07, 6.45) is 2.43. The predicted molar refractivity (Wildman–Crippen MR) is 48.4 cm³/mol. The van der Waals surface area contributed by atoms with Crippen molar-refractivity contribution in [3.05, 3.63) is 0 Å². The maximum atomic E-state index is 11.1. The largest absolute Gasteiger partial charge is 0.443 e. The molecule has 4 heteroatoms. The number of aliphatic hydroxyl groups is 1. The van der Waals surface area contributed by atoms with Gasteiger partial charge in [0, 0.05) is 14.1 Å². The van der Waals surface area contributed by atoms with E-state index >= 15 is 0 Å². The molecule has 0 aromatic heterocycles. The van der Waals surface area contributed by atoms with Crippen LogP contribution >= 0.6 is 0 Å². The van der Waals surface area contributed by atoms with Crippen molar-refractivity contribution in [2.75, 3.05) is 14.1 Å². The molecule has 0 saturated heterocycles. The number of carbonyl (C=O) groups excluding carboxylic acids is 1. The molecule has 1 aliphatic carbocycles. The molecule has 0 aliphatic heterocycles. The molecule has 1 N–H and O–H groups in total. The maximum absolute atomic E-state index is 11.1. The highest BCUT2D eigenvalue weighted by Gasteiger charge is 2.26. The second kappa shape index (κ2) is 4.46. The Labute approximate surface area is 78.5 Å². The lowest BCUT2D eigenvalue weighted by Gasteiger charge is -2.28. The summed E-state index contributed by atoms with van der Waals surface area (Å²) < 4.78 is 5.10. The molecule has 4 nitrogen and oxygen atoms in total. The van der Waals surface area contributed by atoms with Gasteiger partial charge in [0.1, 0.15) is 6.10 Å². The summed E-state index contributed by atoms with van der Waals surface area (Å²) >= 11 is 0. The van der Waals surface area contributed by atoms with Crippen molar-refractivity contribution in [1.29, 1.82) is 0 Å². The van der Waals surface area contributed by atoms with Crippen LogP contribution in [0.15, 0.2) is 0 Å². The number of nitrogens with zero attached hydrogens (tertiary/aromatic N) is 1. The van der Waals surface area contributed by atoms with E-state index in [0.29, 0.717) is 0 Å². The van der Waals surface area contributed by atoms with Crippen LogP contribution in [0.5, 0.6) is 0 Å². The van der Waals surface area contributed by atoms with Crippen LogP contribution in [-0.4, -0.2) is 42.4 Å². The Kier molecular flexibility index (Phi) is 3.54. The topological polar surface area (TPSA) is 49.8 Å². The normalized spacial score (nSPS) is 28.2. The van der Waals surface area contributed by atoms with E-state index in [0.717, 1.165) is 25.7 Å². The first-order chi connectivity index (χ1) is 6.11. The first-order valence-electron chi connectivity index (χ1n) is 4.67. The van der Waals surface area contributed by atoms with Crippen molar-refractivity contribution in [2.24, 2.45) is 0 Å². The lowest BCUT2D eigenvalue weighted by molar-refractivity contribution is -0.0291. The average molecular weight is 187 g/mol. The maximum Gasteiger partial charge on any atom is 0.409 e. The first-order valence-corrected chi connectivity index (χ1v) is 4.67. The average Bonchev–Trinajstić information content (AvgIpc) is 2.08. The van der Waals surface area contributed by atoms with Crippen LogP contribution < -0.4 is 0 Å². The van der Waals surface area contributed by atoms with E-state index in [1.165, 1.54) is 4.90 Å². The zero-order chi connectivity index (χ0) is 9.84. The van der Waals surface area contributed by atoms with Gasteiger partial charge in [-0.2, -0.15) is 0 Å². The molecule has 2 atom stereocenters. The van der Waals surface area contributed by atoms with E-state index in [4.69, 9.17) is 4.74 Å². The Morgan fingerprint density at radius 2 is 2.00 bits per heavy atom. The van der Waals surface area contributed by atoms with Gasteiger partial charge in [0.05, 0.1) is 6.10 Å². The number of aliphatic hydroxyl groups excluding tert-OH is 1. The summed E-state index contributed by atoms with van der Waals surface area (Å²) in [6, 6.07) is 0. The van der Waals surface area contributed by atoms with E-state index in [2.05, 4.69) is 0 Å². The number of hydrogen-bond acceptors (Lipinski definition) is 3. The molecule has 0 unspecified atom stereocenters. The highest BCUT2D eigenvalue weighted by molar-refractivity contribution is 5.67. The van der Waals surface area contributed by atoms with E-state index < -0.39 is 6.10 Å². The van der Waals surface area contributed by atoms with Crippen LogP contribution in [0.3, 0.4) is 0 Å². The lowest BCUT2D eigenvalue weighted by Crippen LogP contribution is -2.37. The van der Waals surface area contributed by atoms with Crippen LogP contribution in [-0.2, 0) is 4.74 Å². The Hall–Kier alpha value is -0.770. The minimum absolute atomic E-state index is 0.302. The van der Waals surface area contributed by atoms with Crippen molar-refractivity contribution < 1.29 is 14.6 Å². The van der Waals surface area contributed by atoms with Crippen LogP contribution in [0.25, 0.3) is 0 Å². The SMILES string of the molecule is CN(C)C(=O)O[C@@H]1CCCC[C@@H]1O. The molecule has 0 radical (unpaired) electrons. The first kappa shape index (κ1) is 10.3. The molecular weight excluding hydrogens is 170 g/mol. The zero-order valence-corrected chi connectivity index (χ0v) is 8.19. The van der Waals surface area contributed by atoms with Crippen LogP contribution in [0.4, 0.5) is 4.79 Å². The van der Waals surface area contributed by atoms with Crippen LogP contribution in [0.2, 0.25) is 0 Å². The van der Waals surface area contributed by atoms with E-state index in [1.54, 1.807) is 14.1 Å². The second-order valence-corrected chi connectivity index (χ2v) is 3.67. The zero-order valence-electron chi connectivity index (χ0n) is 8.19. The van der Waals surface area contributed by atoms with Crippen molar-refractivity contribution in [3.63, 3.8) is 0 Å². The van der Waals surface area contributed by atoms with Crippen molar-refractivity contribution in [3.8, 4) is 0 Å². The fourth-order valence-corrected chi connectivity index (χ4v) is 1.45. The molecule has 13 heavy (non-hydrogen) atoms. The Morgan fingerprint density at radius 1 is 1.38 bits per heavy atom. The third kappa shape index (κ3) is 2.88. The minimum Gasteiger partial charge on any atom is -0.443 e. The molecule has 1 fully saturated rings. The molecule has 1 aliphatic rings. The fraction of sp³-hybridized carbons (Fsp3) is 0.889. The Balaban J connectivity index is 2.38. The van der Waals surface area contributed by atoms with Gasteiger partial charge in [0.15, 0.2) is 0 Å². The van der Waals surface area contributed by atoms with Gasteiger partial charge in [-0.15, -0.1) is 0 Å². The standard InChI is InChI=1S/C9H17NO3/c1-10(2)9(12)13-8-6-4-3-5-7(8)11/h7-8,11H,3-6H2,1-2H3/t7-,8+/m0/s1. The smallest absolute Gasteiger partial charge is 0.409 e. The summed E-state index contributed by atoms with van der Waals surface area (Å²) in [7, 11) is 3.27. The lowest BCUT2D eigenvalue weighted by atomic mass is 9.95. The van der Waals surface area contributed by atoms with Gasteiger partial charge in [-0.1, -0.05) is 6.42 Å². The number of amides is 1. The molecule has 1 amide bonds. The van der Waals surface area contributed by atoms with E-state index in [-0.39, 0.29) is 12.2 Å². The number of ether oxygens (including phenoxy) is 1. The molecule has 0 bridgehead atoms. The van der Waals surface area contributed by atoms with Crippen molar-refractivity contribution >= 4 is 6.09 Å². The van der Waals surface area contributed by atoms with Gasteiger partial charge in [-0.05, 0) is 19.3 Å². The third-order valence-corrected chi connectivity index (χ3v) is 2.29. The summed E-state index contributed by atoms with van der Waals surface area (Å²) in [5.41, 5.74) is 0. The summed E-state index contributed by atoms with van der Waals surface area (Å²) in [4.78, 5) is 12.5. The Morgan fingerprint density at radius 3 is 2.54 bits per heavy atom. The summed E-state index contributed by atoms with van der Waals surface area (Å²) in [5.74, 6) is 0. The highest BCUT2D eigenvalue weighted by atomic mass is 16.6. The summed E-state index contributed by atoms with van der Waals surface area (Å²) in [5, 5.41) is 9.50. The molecule has 0 aromatic carbocycles. The highest BCUT2D eigenvalue weighted by Crippen LogP contribution is 2.21. The molecule has 1 rings (SSSR count). The molecule has 1 saturated carbocycles. The van der Waals surface area contributed by atoms with Gasteiger partial charge in [-0.25, -0.2) is 4.79 Å². The van der Waals surface area contributed by atoms with Gasteiger partial charge in [0.25, 0.3) is 0 Å². The monoisotopic (exact) mass is 187 g/mol. The van der Waals surface area contributed by atoms with E-state index in [9.17, 15) is 9.90 Å². The molecule has 0 heterocycles. The predicted octanol–water partition coefficient (Wildman–Crippen LogP) is 0.988. The van der Waals surface area contributed by atoms with Gasteiger partial charge in [-0.3, -0.25) is 0 Å². The molecular formula is C9H17NO3. The fourth-order valence-electron chi connectivity index (χ4n) is 1.45. The minimum atomic E-state index is -0.474. The van der Waals surface area contributed by atoms with E-state index in [1.807, 2.05) is 0 Å².